The zero-order valence-corrected chi connectivity index (χ0v) is 15.9. The Morgan fingerprint density at radius 1 is 1.35 bits per heavy atom. The number of aromatic nitrogens is 2. The molecule has 26 heavy (non-hydrogen) atoms. The van der Waals surface area contributed by atoms with Crippen molar-refractivity contribution in [3.8, 4) is 0 Å². The molecule has 0 bridgehead atoms. The van der Waals surface area contributed by atoms with Crippen LogP contribution >= 0.6 is 23.5 Å². The Hall–Kier alpha value is -2.26. The molecule has 0 saturated carbocycles. The molecule has 0 unspecified atom stereocenters. The summed E-state index contributed by atoms with van der Waals surface area (Å²) >= 11 is 2.75. The molecule has 1 N–H and O–H groups in total. The highest BCUT2D eigenvalue weighted by molar-refractivity contribution is 8.00. The molecule has 0 fully saturated rings. The lowest BCUT2D eigenvalue weighted by Crippen LogP contribution is -2.23. The summed E-state index contributed by atoms with van der Waals surface area (Å²) < 4.78 is 6.12. The van der Waals surface area contributed by atoms with Crippen molar-refractivity contribution in [3.63, 3.8) is 0 Å². The monoisotopic (exact) mass is 391 g/mol. The maximum absolute atomic E-state index is 12.3. The lowest BCUT2D eigenvalue weighted by molar-refractivity contribution is -0.113. The smallest absolute Gasteiger partial charge is 0.337 e. The molecule has 9 heteroatoms. The first kappa shape index (κ1) is 18.5. The van der Waals surface area contributed by atoms with Crippen molar-refractivity contribution in [1.82, 2.24) is 9.55 Å². The van der Waals surface area contributed by atoms with Gasteiger partial charge in [0.2, 0.25) is 5.91 Å². The number of nitrogens with zero attached hydrogens (tertiary/aromatic N) is 2. The van der Waals surface area contributed by atoms with Gasteiger partial charge in [-0.1, -0.05) is 11.8 Å². The molecule has 0 atom stereocenters. The quantitative estimate of drug-likeness (QED) is 0.473. The number of hydrogen-bond acceptors (Lipinski definition) is 7. The number of anilines is 1. The molecule has 1 amide bonds. The van der Waals surface area contributed by atoms with E-state index in [2.05, 4.69) is 15.0 Å². The van der Waals surface area contributed by atoms with Crippen molar-refractivity contribution < 1.29 is 14.3 Å². The molecule has 3 rings (SSSR count). The van der Waals surface area contributed by atoms with E-state index in [0.717, 1.165) is 17.9 Å². The summed E-state index contributed by atoms with van der Waals surface area (Å²) in [5.41, 5.74) is 1.75. The Bertz CT molecular complexity index is 909. The van der Waals surface area contributed by atoms with Crippen molar-refractivity contribution in [2.45, 2.75) is 16.5 Å². The van der Waals surface area contributed by atoms with Crippen LogP contribution in [0.2, 0.25) is 0 Å². The van der Waals surface area contributed by atoms with E-state index >= 15 is 0 Å². The molecule has 0 radical (unpaired) electrons. The highest BCUT2D eigenvalue weighted by atomic mass is 32.2. The van der Waals surface area contributed by atoms with Gasteiger partial charge in [-0.05, 0) is 24.3 Å². The molecule has 1 aromatic heterocycles. The minimum atomic E-state index is -0.430. The summed E-state index contributed by atoms with van der Waals surface area (Å²) in [5, 5.41) is 3.29. The zero-order valence-electron chi connectivity index (χ0n) is 14.3. The first-order valence-electron chi connectivity index (χ1n) is 7.83. The van der Waals surface area contributed by atoms with Crippen LogP contribution in [0.5, 0.6) is 0 Å². The van der Waals surface area contributed by atoms with Gasteiger partial charge >= 0.3 is 5.97 Å². The number of fused-ring (bicyclic) bond motifs is 1. The third-order valence-corrected chi connectivity index (χ3v) is 5.92. The SMILES string of the molecule is COC(=O)c1ccc(NC(=O)CSc2nc3c(c(=O)n2C)SCC3)cc1. The third kappa shape index (κ3) is 3.94. The molecular weight excluding hydrogens is 374 g/mol. The number of benzene rings is 1. The highest BCUT2D eigenvalue weighted by Crippen LogP contribution is 2.28. The van der Waals surface area contributed by atoms with Crippen molar-refractivity contribution in [2.75, 3.05) is 23.9 Å². The molecule has 136 valence electrons. The standard InChI is InChI=1S/C17H17N3O4S2/c1-20-15(22)14-12(7-8-25-14)19-17(20)26-9-13(21)18-11-5-3-10(4-6-11)16(23)24-2/h3-6H,7-9H2,1-2H3,(H,18,21). The van der Waals surface area contributed by atoms with E-state index < -0.39 is 5.97 Å². The van der Waals surface area contributed by atoms with Crippen LogP contribution in [-0.2, 0) is 23.0 Å². The van der Waals surface area contributed by atoms with Gasteiger partial charge in [-0.3, -0.25) is 14.2 Å². The predicted molar refractivity (Wildman–Crippen MR) is 101 cm³/mol. The number of carbonyl (C=O) groups is 2. The van der Waals surface area contributed by atoms with Gasteiger partial charge in [0.05, 0.1) is 29.0 Å². The molecule has 0 spiro atoms. The normalized spacial score (nSPS) is 12.5. The molecule has 2 aromatic rings. The highest BCUT2D eigenvalue weighted by Gasteiger charge is 2.20. The van der Waals surface area contributed by atoms with Crippen molar-refractivity contribution in [2.24, 2.45) is 7.05 Å². The predicted octanol–water partition coefficient (Wildman–Crippen LogP) is 1.95. The number of rotatable bonds is 5. The number of aryl methyl sites for hydroxylation is 1. The average Bonchev–Trinajstić information content (AvgIpc) is 3.12. The number of esters is 1. The molecule has 1 aliphatic heterocycles. The van der Waals surface area contributed by atoms with Crippen LogP contribution in [0.4, 0.5) is 5.69 Å². The maximum Gasteiger partial charge on any atom is 0.337 e. The molecule has 2 heterocycles. The minimum Gasteiger partial charge on any atom is -0.465 e. The van der Waals surface area contributed by atoms with E-state index in [-0.39, 0.29) is 17.2 Å². The van der Waals surface area contributed by atoms with Crippen LogP contribution in [0.3, 0.4) is 0 Å². The van der Waals surface area contributed by atoms with Gasteiger partial charge in [0.15, 0.2) is 5.16 Å². The van der Waals surface area contributed by atoms with Crippen molar-refractivity contribution in [3.05, 3.63) is 45.9 Å². The second-order valence-electron chi connectivity index (χ2n) is 5.54. The van der Waals surface area contributed by atoms with E-state index in [1.165, 1.54) is 35.2 Å². The first-order valence-corrected chi connectivity index (χ1v) is 9.80. The Morgan fingerprint density at radius 3 is 2.77 bits per heavy atom. The summed E-state index contributed by atoms with van der Waals surface area (Å²) in [5.74, 6) is 0.351. The van der Waals surface area contributed by atoms with E-state index in [1.54, 1.807) is 31.3 Å². The van der Waals surface area contributed by atoms with Crippen molar-refractivity contribution >= 4 is 41.1 Å². The van der Waals surface area contributed by atoms with Crippen LogP contribution in [0.1, 0.15) is 16.1 Å². The molecule has 0 aliphatic carbocycles. The Labute approximate surface area is 158 Å². The van der Waals surface area contributed by atoms with Gasteiger partial charge in [-0.15, -0.1) is 11.8 Å². The molecule has 0 saturated heterocycles. The number of carbonyl (C=O) groups excluding carboxylic acids is 2. The minimum absolute atomic E-state index is 0.0567. The lowest BCUT2D eigenvalue weighted by atomic mass is 10.2. The fourth-order valence-corrected chi connectivity index (χ4v) is 4.29. The van der Waals surface area contributed by atoms with E-state index in [1.807, 2.05) is 0 Å². The molecular formula is C17H17N3O4S2. The van der Waals surface area contributed by atoms with Crippen LogP contribution in [0.25, 0.3) is 0 Å². The van der Waals surface area contributed by atoms with E-state index in [9.17, 15) is 14.4 Å². The topological polar surface area (TPSA) is 90.3 Å². The average molecular weight is 391 g/mol. The second kappa shape index (κ2) is 7.96. The fraction of sp³-hybridized carbons (Fsp3) is 0.294. The van der Waals surface area contributed by atoms with Gasteiger partial charge in [-0.2, -0.15) is 0 Å². The van der Waals surface area contributed by atoms with Crippen LogP contribution < -0.4 is 10.9 Å². The van der Waals surface area contributed by atoms with Crippen LogP contribution in [0.15, 0.2) is 39.1 Å². The van der Waals surface area contributed by atoms with E-state index in [4.69, 9.17) is 0 Å². The summed E-state index contributed by atoms with van der Waals surface area (Å²) in [7, 11) is 2.98. The summed E-state index contributed by atoms with van der Waals surface area (Å²) in [6, 6.07) is 6.43. The van der Waals surface area contributed by atoms with Gasteiger partial charge in [0.25, 0.3) is 5.56 Å². The molecule has 1 aliphatic rings. The Morgan fingerprint density at radius 2 is 2.08 bits per heavy atom. The van der Waals surface area contributed by atoms with Gasteiger partial charge in [0.1, 0.15) is 0 Å². The number of hydrogen-bond donors (Lipinski definition) is 1. The maximum atomic E-state index is 12.3. The first-order chi connectivity index (χ1) is 12.5. The number of thioether (sulfide) groups is 2. The molecule has 1 aromatic carbocycles. The van der Waals surface area contributed by atoms with Gasteiger partial charge in [-0.25, -0.2) is 9.78 Å². The zero-order chi connectivity index (χ0) is 18.7. The van der Waals surface area contributed by atoms with Gasteiger partial charge < -0.3 is 10.1 Å². The Balaban J connectivity index is 1.62. The summed E-state index contributed by atoms with van der Waals surface area (Å²) in [6.45, 7) is 0. The van der Waals surface area contributed by atoms with Crippen LogP contribution in [0, 0.1) is 0 Å². The fourth-order valence-electron chi connectivity index (χ4n) is 2.43. The number of amides is 1. The second-order valence-corrected chi connectivity index (χ2v) is 7.59. The number of ether oxygens (including phenoxy) is 1. The summed E-state index contributed by atoms with van der Waals surface area (Å²) in [4.78, 5) is 41.0. The largest absolute Gasteiger partial charge is 0.465 e. The van der Waals surface area contributed by atoms with Crippen LogP contribution in [-0.4, -0.2) is 40.0 Å². The summed E-state index contributed by atoms with van der Waals surface area (Å²) in [6.07, 6.45) is 0.780. The third-order valence-electron chi connectivity index (χ3n) is 3.79. The van der Waals surface area contributed by atoms with Crippen molar-refractivity contribution in [1.29, 1.82) is 0 Å². The van der Waals surface area contributed by atoms with Gasteiger partial charge in [0, 0.05) is 24.9 Å². The number of nitrogens with one attached hydrogen (secondary N) is 1. The molecule has 7 nitrogen and oxygen atoms in total. The lowest BCUT2D eigenvalue weighted by Gasteiger charge is -2.09. The van der Waals surface area contributed by atoms with E-state index in [0.29, 0.717) is 21.3 Å². The number of methoxy groups -OCH3 is 1. The Kier molecular flexibility index (Phi) is 5.67.